The standard InChI is InChI=1S/C26H28FN3O2S/c1-17-3-5-20(6-4-17)16-28-23(31)15-19-11-13-30(14-12-19)26(32)24-18(2)29-25(33-24)21-7-9-22(27)10-8-21/h3-10,19H,11-16H2,1-2H3,(H,28,31). The summed E-state index contributed by atoms with van der Waals surface area (Å²) < 4.78 is 13.2. The predicted octanol–water partition coefficient (Wildman–Crippen LogP) is 5.12. The van der Waals surface area contributed by atoms with Crippen LogP contribution in [0.25, 0.3) is 10.6 Å². The number of benzene rings is 2. The van der Waals surface area contributed by atoms with E-state index in [4.69, 9.17) is 0 Å². The molecule has 7 heteroatoms. The van der Waals surface area contributed by atoms with Crippen LogP contribution >= 0.6 is 11.3 Å². The number of carbonyl (C=O) groups is 2. The number of nitrogens with zero attached hydrogens (tertiary/aromatic N) is 2. The van der Waals surface area contributed by atoms with Gasteiger partial charge in [-0.05, 0) is 62.4 Å². The lowest BCUT2D eigenvalue weighted by Gasteiger charge is -2.31. The van der Waals surface area contributed by atoms with Crippen molar-refractivity contribution in [2.75, 3.05) is 13.1 Å². The molecule has 172 valence electrons. The summed E-state index contributed by atoms with van der Waals surface area (Å²) in [6, 6.07) is 14.3. The molecule has 0 saturated carbocycles. The molecule has 0 bridgehead atoms. The topological polar surface area (TPSA) is 62.3 Å². The van der Waals surface area contributed by atoms with Crippen LogP contribution in [-0.2, 0) is 11.3 Å². The molecular weight excluding hydrogens is 437 g/mol. The summed E-state index contributed by atoms with van der Waals surface area (Å²) in [5, 5.41) is 3.72. The smallest absolute Gasteiger partial charge is 0.265 e. The first-order valence-corrected chi connectivity index (χ1v) is 12.1. The van der Waals surface area contributed by atoms with Gasteiger partial charge in [0, 0.05) is 31.6 Å². The van der Waals surface area contributed by atoms with E-state index in [0.29, 0.717) is 36.6 Å². The first kappa shape index (κ1) is 23.1. The van der Waals surface area contributed by atoms with Gasteiger partial charge >= 0.3 is 0 Å². The van der Waals surface area contributed by atoms with Crippen LogP contribution in [0.1, 0.15) is 45.8 Å². The third-order valence-corrected chi connectivity index (χ3v) is 7.26. The first-order valence-electron chi connectivity index (χ1n) is 11.2. The second kappa shape index (κ2) is 10.3. The van der Waals surface area contributed by atoms with Crippen LogP contribution in [0, 0.1) is 25.6 Å². The summed E-state index contributed by atoms with van der Waals surface area (Å²) in [5.74, 6) is 0.0302. The van der Waals surface area contributed by atoms with E-state index >= 15 is 0 Å². The van der Waals surface area contributed by atoms with Gasteiger partial charge in [0.05, 0.1) is 5.69 Å². The fourth-order valence-corrected chi connectivity index (χ4v) is 5.08. The molecule has 1 fully saturated rings. The van der Waals surface area contributed by atoms with Crippen molar-refractivity contribution in [1.82, 2.24) is 15.2 Å². The van der Waals surface area contributed by atoms with Crippen molar-refractivity contribution >= 4 is 23.2 Å². The number of aryl methyl sites for hydroxylation is 2. The van der Waals surface area contributed by atoms with E-state index < -0.39 is 0 Å². The van der Waals surface area contributed by atoms with Crippen LogP contribution in [-0.4, -0.2) is 34.8 Å². The van der Waals surface area contributed by atoms with Gasteiger partial charge in [0.25, 0.3) is 5.91 Å². The van der Waals surface area contributed by atoms with Gasteiger partial charge in [0.15, 0.2) is 0 Å². The van der Waals surface area contributed by atoms with Crippen LogP contribution in [0.4, 0.5) is 4.39 Å². The maximum Gasteiger partial charge on any atom is 0.265 e. The lowest BCUT2D eigenvalue weighted by atomic mass is 9.93. The van der Waals surface area contributed by atoms with Gasteiger partial charge in [-0.1, -0.05) is 29.8 Å². The van der Waals surface area contributed by atoms with Crippen molar-refractivity contribution in [3.05, 3.63) is 76.0 Å². The van der Waals surface area contributed by atoms with Crippen molar-refractivity contribution in [1.29, 1.82) is 0 Å². The lowest BCUT2D eigenvalue weighted by molar-refractivity contribution is -0.122. The molecule has 2 heterocycles. The molecule has 0 aliphatic carbocycles. The number of hydrogen-bond acceptors (Lipinski definition) is 4. The molecule has 1 aromatic heterocycles. The van der Waals surface area contributed by atoms with Crippen molar-refractivity contribution < 1.29 is 14.0 Å². The fourth-order valence-electron chi connectivity index (χ4n) is 4.04. The molecule has 2 amide bonds. The maximum atomic E-state index is 13.2. The van der Waals surface area contributed by atoms with Gasteiger partial charge in [-0.2, -0.15) is 0 Å². The largest absolute Gasteiger partial charge is 0.352 e. The van der Waals surface area contributed by atoms with Gasteiger partial charge in [-0.3, -0.25) is 9.59 Å². The minimum Gasteiger partial charge on any atom is -0.352 e. The number of carbonyl (C=O) groups excluding carboxylic acids is 2. The van der Waals surface area contributed by atoms with E-state index in [1.807, 2.05) is 43.0 Å². The Balaban J connectivity index is 1.28. The van der Waals surface area contributed by atoms with Crippen LogP contribution in [0.2, 0.25) is 0 Å². The minimum atomic E-state index is -0.296. The molecule has 0 atom stereocenters. The Bertz CT molecular complexity index is 1120. The van der Waals surface area contributed by atoms with Crippen molar-refractivity contribution in [2.45, 2.75) is 39.7 Å². The normalized spacial score (nSPS) is 14.3. The number of likely N-dealkylation sites (tertiary alicyclic amines) is 1. The monoisotopic (exact) mass is 465 g/mol. The Kier molecular flexibility index (Phi) is 7.18. The van der Waals surface area contributed by atoms with Gasteiger partial charge < -0.3 is 10.2 Å². The third-order valence-electron chi connectivity index (χ3n) is 6.07. The number of hydrogen-bond donors (Lipinski definition) is 1. The van der Waals surface area contributed by atoms with E-state index in [-0.39, 0.29) is 23.5 Å². The zero-order chi connectivity index (χ0) is 23.4. The Morgan fingerprint density at radius 3 is 2.39 bits per heavy atom. The number of halogens is 1. The fraction of sp³-hybridized carbons (Fsp3) is 0.346. The lowest BCUT2D eigenvalue weighted by Crippen LogP contribution is -2.39. The highest BCUT2D eigenvalue weighted by Crippen LogP contribution is 2.30. The molecule has 1 aliphatic heterocycles. The van der Waals surface area contributed by atoms with Crippen LogP contribution in [0.5, 0.6) is 0 Å². The van der Waals surface area contributed by atoms with Gasteiger partial charge in [-0.25, -0.2) is 9.37 Å². The summed E-state index contributed by atoms with van der Waals surface area (Å²) in [6.45, 7) is 5.69. The zero-order valence-electron chi connectivity index (χ0n) is 18.9. The predicted molar refractivity (Wildman–Crippen MR) is 129 cm³/mol. The molecule has 4 rings (SSSR count). The quantitative estimate of drug-likeness (QED) is 0.549. The van der Waals surface area contributed by atoms with Gasteiger partial charge in [-0.15, -0.1) is 11.3 Å². The van der Waals surface area contributed by atoms with Crippen LogP contribution in [0.3, 0.4) is 0 Å². The van der Waals surface area contributed by atoms with E-state index in [9.17, 15) is 14.0 Å². The van der Waals surface area contributed by atoms with Crippen LogP contribution < -0.4 is 5.32 Å². The summed E-state index contributed by atoms with van der Waals surface area (Å²) in [5.41, 5.74) is 3.79. The molecule has 33 heavy (non-hydrogen) atoms. The van der Waals surface area contributed by atoms with E-state index in [1.54, 1.807) is 12.1 Å². The number of nitrogens with one attached hydrogen (secondary N) is 1. The second-order valence-electron chi connectivity index (χ2n) is 8.64. The molecule has 0 spiro atoms. The molecule has 2 aromatic carbocycles. The number of piperidine rings is 1. The Morgan fingerprint density at radius 1 is 1.06 bits per heavy atom. The SMILES string of the molecule is Cc1ccc(CNC(=O)CC2CCN(C(=O)c3sc(-c4ccc(F)cc4)nc3C)CC2)cc1. The molecule has 5 nitrogen and oxygen atoms in total. The summed E-state index contributed by atoms with van der Waals surface area (Å²) >= 11 is 1.35. The van der Waals surface area contributed by atoms with E-state index in [1.165, 1.54) is 29.0 Å². The van der Waals surface area contributed by atoms with Gasteiger partial charge in [0.1, 0.15) is 15.7 Å². The summed E-state index contributed by atoms with van der Waals surface area (Å²) in [4.78, 5) is 32.5. The second-order valence-corrected chi connectivity index (χ2v) is 9.64. The number of amides is 2. The average molecular weight is 466 g/mol. The molecule has 3 aromatic rings. The van der Waals surface area contributed by atoms with Crippen LogP contribution in [0.15, 0.2) is 48.5 Å². The highest BCUT2D eigenvalue weighted by Gasteiger charge is 2.27. The highest BCUT2D eigenvalue weighted by molar-refractivity contribution is 7.17. The number of thiazole rings is 1. The van der Waals surface area contributed by atoms with Crippen molar-refractivity contribution in [3.63, 3.8) is 0 Å². The van der Waals surface area contributed by atoms with E-state index in [2.05, 4.69) is 10.3 Å². The molecule has 0 radical (unpaired) electrons. The van der Waals surface area contributed by atoms with Gasteiger partial charge in [0.2, 0.25) is 5.91 Å². The molecule has 1 saturated heterocycles. The average Bonchev–Trinajstić information content (AvgIpc) is 3.20. The molecular formula is C26H28FN3O2S. The number of aromatic nitrogens is 1. The van der Waals surface area contributed by atoms with E-state index in [0.717, 1.165) is 29.0 Å². The Labute approximate surface area is 197 Å². The van der Waals surface area contributed by atoms with Crippen molar-refractivity contribution in [3.8, 4) is 10.6 Å². The third kappa shape index (κ3) is 5.85. The zero-order valence-corrected chi connectivity index (χ0v) is 19.8. The Morgan fingerprint density at radius 2 is 1.73 bits per heavy atom. The maximum absolute atomic E-state index is 13.2. The summed E-state index contributed by atoms with van der Waals surface area (Å²) in [6.07, 6.45) is 2.11. The summed E-state index contributed by atoms with van der Waals surface area (Å²) in [7, 11) is 0. The molecule has 0 unspecified atom stereocenters. The molecule has 1 N–H and O–H groups in total. The minimum absolute atomic E-state index is 0.0133. The highest BCUT2D eigenvalue weighted by atomic mass is 32.1. The Hall–Kier alpha value is -3.06. The van der Waals surface area contributed by atoms with Crippen molar-refractivity contribution in [2.24, 2.45) is 5.92 Å². The number of rotatable bonds is 6. The first-order chi connectivity index (χ1) is 15.9. The molecule has 1 aliphatic rings.